The fourth-order valence-corrected chi connectivity index (χ4v) is 1.31. The van der Waals surface area contributed by atoms with Gasteiger partial charge in [-0.2, -0.15) is 0 Å². The first-order valence-corrected chi connectivity index (χ1v) is 4.25. The number of amides is 1. The fourth-order valence-electron chi connectivity index (χ4n) is 1.31. The molecule has 0 fully saturated rings. The number of carbonyl (C=O) groups is 1. The summed E-state index contributed by atoms with van der Waals surface area (Å²) in [6.07, 6.45) is 0. The summed E-state index contributed by atoms with van der Waals surface area (Å²) in [6.45, 7) is 1.68. The van der Waals surface area contributed by atoms with Crippen molar-refractivity contribution < 1.29 is 14.8 Å². The number of hydrogen-bond donors (Lipinski definition) is 3. The molecule has 0 spiro atoms. The molecule has 5 heteroatoms. The van der Waals surface area contributed by atoms with Crippen LogP contribution in [0.2, 0.25) is 0 Å². The lowest BCUT2D eigenvalue weighted by molar-refractivity contribution is 0.0962. The van der Waals surface area contributed by atoms with Crippen LogP contribution in [0, 0.1) is 6.92 Å². The Bertz CT molecular complexity index is 352. The Kier molecular flexibility index (Phi) is 3.27. The van der Waals surface area contributed by atoms with Gasteiger partial charge >= 0.3 is 7.12 Å². The molecule has 0 atom stereocenters. The van der Waals surface area contributed by atoms with Gasteiger partial charge in [-0.15, -0.1) is 0 Å². The molecule has 0 aromatic heterocycles. The van der Waals surface area contributed by atoms with Crippen LogP contribution in [-0.2, 0) is 0 Å². The molecule has 0 saturated heterocycles. The molecule has 3 N–H and O–H groups in total. The van der Waals surface area contributed by atoms with E-state index >= 15 is 0 Å². The third-order valence-electron chi connectivity index (χ3n) is 2.13. The number of nitrogens with one attached hydrogen (secondary N) is 1. The Morgan fingerprint density at radius 2 is 2.07 bits per heavy atom. The highest BCUT2D eigenvalue weighted by atomic mass is 16.4. The number of hydrogen-bond acceptors (Lipinski definition) is 3. The van der Waals surface area contributed by atoms with Crippen molar-refractivity contribution in [3.05, 3.63) is 29.3 Å². The van der Waals surface area contributed by atoms with E-state index in [1.165, 1.54) is 7.05 Å². The van der Waals surface area contributed by atoms with Crippen molar-refractivity contribution in [2.24, 2.45) is 0 Å². The monoisotopic (exact) mass is 193 g/mol. The Labute approximate surface area is 82.7 Å². The topological polar surface area (TPSA) is 69.6 Å². The quantitative estimate of drug-likeness (QED) is 0.529. The largest absolute Gasteiger partial charge is 0.488 e. The van der Waals surface area contributed by atoms with Crippen LogP contribution in [-0.4, -0.2) is 30.1 Å². The molecule has 0 saturated carbocycles. The van der Waals surface area contributed by atoms with Crippen LogP contribution in [0.15, 0.2) is 18.2 Å². The van der Waals surface area contributed by atoms with Gasteiger partial charge in [0.2, 0.25) is 0 Å². The van der Waals surface area contributed by atoms with Crippen molar-refractivity contribution in [1.29, 1.82) is 0 Å². The summed E-state index contributed by atoms with van der Waals surface area (Å²) in [5.41, 5.74) is 1.39. The molecule has 14 heavy (non-hydrogen) atoms. The molecule has 1 rings (SSSR count). The van der Waals surface area contributed by atoms with Crippen molar-refractivity contribution in [1.82, 2.24) is 5.32 Å². The Balaban J connectivity index is 3.20. The first-order chi connectivity index (χ1) is 6.57. The van der Waals surface area contributed by atoms with Gasteiger partial charge in [0.25, 0.3) is 5.91 Å². The van der Waals surface area contributed by atoms with Crippen LogP contribution in [0.4, 0.5) is 0 Å². The smallest absolute Gasteiger partial charge is 0.423 e. The average Bonchev–Trinajstić information content (AvgIpc) is 2.16. The SMILES string of the molecule is CNC(=O)c1cccc(B(O)O)c1C. The summed E-state index contributed by atoms with van der Waals surface area (Å²) >= 11 is 0. The third-order valence-corrected chi connectivity index (χ3v) is 2.13. The van der Waals surface area contributed by atoms with E-state index in [0.717, 1.165) is 0 Å². The van der Waals surface area contributed by atoms with Crippen LogP contribution in [0.25, 0.3) is 0 Å². The summed E-state index contributed by atoms with van der Waals surface area (Å²) in [5, 5.41) is 20.5. The normalized spacial score (nSPS) is 9.71. The van der Waals surface area contributed by atoms with Crippen molar-refractivity contribution >= 4 is 18.5 Å². The molecular formula is C9H12BNO3. The van der Waals surface area contributed by atoms with Crippen LogP contribution in [0.1, 0.15) is 15.9 Å². The molecule has 0 bridgehead atoms. The first-order valence-electron chi connectivity index (χ1n) is 4.25. The van der Waals surface area contributed by atoms with Gasteiger partial charge in [0, 0.05) is 12.6 Å². The van der Waals surface area contributed by atoms with Gasteiger partial charge in [0.05, 0.1) is 0 Å². The predicted molar refractivity (Wildman–Crippen MR) is 54.4 cm³/mol. The average molecular weight is 193 g/mol. The summed E-state index contributed by atoms with van der Waals surface area (Å²) in [6, 6.07) is 4.83. The molecule has 0 aliphatic heterocycles. The molecule has 4 nitrogen and oxygen atoms in total. The van der Waals surface area contributed by atoms with Crippen molar-refractivity contribution in [3.8, 4) is 0 Å². The number of carbonyl (C=O) groups excluding carboxylic acids is 1. The molecule has 0 unspecified atom stereocenters. The maximum atomic E-state index is 11.3. The Morgan fingerprint density at radius 3 is 2.57 bits per heavy atom. The summed E-state index contributed by atoms with van der Waals surface area (Å²) in [7, 11) is -0.0105. The van der Waals surface area contributed by atoms with Crippen LogP contribution < -0.4 is 10.8 Å². The number of rotatable bonds is 2. The first kappa shape index (κ1) is 10.8. The third kappa shape index (κ3) is 1.94. The summed E-state index contributed by atoms with van der Waals surface area (Å²) < 4.78 is 0. The molecule has 1 amide bonds. The highest BCUT2D eigenvalue weighted by Crippen LogP contribution is 2.05. The minimum Gasteiger partial charge on any atom is -0.423 e. The van der Waals surface area contributed by atoms with Crippen LogP contribution >= 0.6 is 0 Å². The zero-order valence-corrected chi connectivity index (χ0v) is 8.11. The Hall–Kier alpha value is -1.33. The highest BCUT2D eigenvalue weighted by Gasteiger charge is 2.17. The number of benzene rings is 1. The molecule has 0 aliphatic carbocycles. The lowest BCUT2D eigenvalue weighted by atomic mass is 9.76. The molecule has 0 aliphatic rings. The standard InChI is InChI=1S/C9H12BNO3/c1-6-7(9(12)11-2)4-3-5-8(6)10(13)14/h3-5,13-14H,1-2H3,(H,11,12). The van der Waals surface area contributed by atoms with Gasteiger partial charge in [-0.1, -0.05) is 12.1 Å². The fraction of sp³-hybridized carbons (Fsp3) is 0.222. The van der Waals surface area contributed by atoms with Crippen molar-refractivity contribution in [2.45, 2.75) is 6.92 Å². The van der Waals surface area contributed by atoms with Gasteiger partial charge in [0.1, 0.15) is 0 Å². The molecule has 1 aromatic carbocycles. The van der Waals surface area contributed by atoms with E-state index < -0.39 is 7.12 Å². The van der Waals surface area contributed by atoms with E-state index in [-0.39, 0.29) is 5.91 Å². The zero-order valence-electron chi connectivity index (χ0n) is 8.11. The van der Waals surface area contributed by atoms with Crippen molar-refractivity contribution in [2.75, 3.05) is 7.05 Å². The van der Waals surface area contributed by atoms with E-state index in [4.69, 9.17) is 10.0 Å². The highest BCUT2D eigenvalue weighted by molar-refractivity contribution is 6.59. The molecule has 74 valence electrons. The van der Waals surface area contributed by atoms with E-state index in [1.54, 1.807) is 25.1 Å². The second kappa shape index (κ2) is 4.26. The predicted octanol–water partition coefficient (Wildman–Crippen LogP) is -0.966. The Morgan fingerprint density at radius 1 is 1.43 bits per heavy atom. The van der Waals surface area contributed by atoms with Gasteiger partial charge in [-0.05, 0) is 24.0 Å². The minimum atomic E-state index is -1.54. The maximum Gasteiger partial charge on any atom is 0.488 e. The van der Waals surface area contributed by atoms with E-state index in [9.17, 15) is 4.79 Å². The van der Waals surface area contributed by atoms with Gasteiger partial charge in [0.15, 0.2) is 0 Å². The van der Waals surface area contributed by atoms with Gasteiger partial charge in [-0.25, -0.2) is 0 Å². The summed E-state index contributed by atoms with van der Waals surface area (Å²) in [4.78, 5) is 11.3. The summed E-state index contributed by atoms with van der Waals surface area (Å²) in [5.74, 6) is -0.231. The maximum absolute atomic E-state index is 11.3. The van der Waals surface area contributed by atoms with Crippen LogP contribution in [0.5, 0.6) is 0 Å². The lowest BCUT2D eigenvalue weighted by Gasteiger charge is -2.09. The van der Waals surface area contributed by atoms with E-state index in [2.05, 4.69) is 5.32 Å². The molecule has 0 heterocycles. The van der Waals surface area contributed by atoms with E-state index in [1.807, 2.05) is 0 Å². The van der Waals surface area contributed by atoms with Crippen molar-refractivity contribution in [3.63, 3.8) is 0 Å². The van der Waals surface area contributed by atoms with Gasteiger partial charge < -0.3 is 15.4 Å². The van der Waals surface area contributed by atoms with E-state index in [0.29, 0.717) is 16.6 Å². The molecular weight excluding hydrogens is 181 g/mol. The minimum absolute atomic E-state index is 0.231. The van der Waals surface area contributed by atoms with Crippen LogP contribution in [0.3, 0.4) is 0 Å². The lowest BCUT2D eigenvalue weighted by Crippen LogP contribution is -2.34. The van der Waals surface area contributed by atoms with Gasteiger partial charge in [-0.3, -0.25) is 4.79 Å². The zero-order chi connectivity index (χ0) is 10.7. The second-order valence-electron chi connectivity index (χ2n) is 2.97. The molecule has 0 radical (unpaired) electrons. The molecule has 1 aromatic rings. The second-order valence-corrected chi connectivity index (χ2v) is 2.97.